The molecule has 4 aliphatic rings. The Balaban J connectivity index is 1.35. The van der Waals surface area contributed by atoms with Crippen LogP contribution in [0.5, 0.6) is 5.75 Å². The van der Waals surface area contributed by atoms with Gasteiger partial charge >= 0.3 is 0 Å². The average Bonchev–Trinajstić information content (AvgIpc) is 3.08. The van der Waals surface area contributed by atoms with Crippen LogP contribution in [-0.2, 0) is 17.8 Å². The van der Waals surface area contributed by atoms with Crippen LogP contribution in [0.2, 0.25) is 0 Å². The van der Waals surface area contributed by atoms with Gasteiger partial charge in [0.15, 0.2) is 0 Å². The van der Waals surface area contributed by atoms with E-state index >= 15 is 0 Å². The van der Waals surface area contributed by atoms with Crippen molar-refractivity contribution < 1.29 is 9.53 Å². The second-order valence-corrected chi connectivity index (χ2v) is 12.6. The molecule has 2 aromatic carbocycles. The molecule has 2 N–H and O–H groups in total. The van der Waals surface area contributed by atoms with E-state index in [1.165, 1.54) is 5.56 Å². The molecule has 36 heavy (non-hydrogen) atoms. The first kappa shape index (κ1) is 25.3. The fraction of sp³-hybridized carbons (Fsp3) is 0.581. The van der Waals surface area contributed by atoms with Crippen LogP contribution in [0.1, 0.15) is 52.2 Å². The smallest absolute Gasteiger partial charge is 0.242 e. The lowest BCUT2D eigenvalue weighted by molar-refractivity contribution is -0.138. The molecule has 3 aliphatic heterocycles. The van der Waals surface area contributed by atoms with Gasteiger partial charge in [-0.1, -0.05) is 56.3 Å². The third-order valence-corrected chi connectivity index (χ3v) is 8.30. The standard InChI is InChI=1S/C31H43N3O2/c1-21(2)19-34-20-25-16-24-18-33-31(25,28(34)27(24)15-22-9-7-6-8-10-22)29(35)32-17-23-11-13-26(14-12-23)36-30(3,4)5/h6-14,21,24-25,27-28,33H,15-20H2,1-5H3,(H,32,35). The molecule has 2 aromatic rings. The predicted octanol–water partition coefficient (Wildman–Crippen LogP) is 4.66. The van der Waals surface area contributed by atoms with Gasteiger partial charge in [-0.3, -0.25) is 9.69 Å². The van der Waals surface area contributed by atoms with Crippen molar-refractivity contribution in [2.24, 2.45) is 23.7 Å². The largest absolute Gasteiger partial charge is 0.488 e. The minimum Gasteiger partial charge on any atom is -0.488 e. The molecule has 5 atom stereocenters. The van der Waals surface area contributed by atoms with Crippen LogP contribution in [0.25, 0.3) is 0 Å². The van der Waals surface area contributed by atoms with Crippen LogP contribution in [0.3, 0.4) is 0 Å². The fourth-order valence-electron chi connectivity index (χ4n) is 7.10. The molecule has 4 fully saturated rings. The number of carbonyl (C=O) groups is 1. The lowest BCUT2D eigenvalue weighted by atomic mass is 9.58. The molecule has 5 nitrogen and oxygen atoms in total. The van der Waals surface area contributed by atoms with Gasteiger partial charge in [0.25, 0.3) is 0 Å². The van der Waals surface area contributed by atoms with Crippen LogP contribution in [0.4, 0.5) is 0 Å². The van der Waals surface area contributed by atoms with Crippen molar-refractivity contribution >= 4 is 5.91 Å². The molecule has 3 saturated heterocycles. The molecule has 1 saturated carbocycles. The number of amides is 1. The summed E-state index contributed by atoms with van der Waals surface area (Å²) >= 11 is 0. The highest BCUT2D eigenvalue weighted by atomic mass is 16.5. The molecule has 0 spiro atoms. The van der Waals surface area contributed by atoms with Gasteiger partial charge in [-0.15, -0.1) is 0 Å². The first-order valence-electron chi connectivity index (χ1n) is 13.7. The molecular weight excluding hydrogens is 446 g/mol. The summed E-state index contributed by atoms with van der Waals surface area (Å²) in [6, 6.07) is 19.2. The maximum atomic E-state index is 14.1. The van der Waals surface area contributed by atoms with Gasteiger partial charge in [-0.05, 0) is 81.2 Å². The molecule has 3 heterocycles. The van der Waals surface area contributed by atoms with E-state index in [9.17, 15) is 4.79 Å². The van der Waals surface area contributed by atoms with Gasteiger partial charge in [0, 0.05) is 31.6 Å². The summed E-state index contributed by atoms with van der Waals surface area (Å²) in [5.74, 6) is 3.10. The maximum Gasteiger partial charge on any atom is 0.242 e. The number of fused-ring (bicyclic) bond motifs is 1. The van der Waals surface area contributed by atoms with Gasteiger partial charge in [-0.25, -0.2) is 0 Å². The van der Waals surface area contributed by atoms with E-state index in [-0.39, 0.29) is 17.6 Å². The zero-order valence-corrected chi connectivity index (χ0v) is 22.6. The van der Waals surface area contributed by atoms with Gasteiger partial charge in [0.1, 0.15) is 16.9 Å². The summed E-state index contributed by atoms with van der Waals surface area (Å²) in [5, 5.41) is 7.15. The summed E-state index contributed by atoms with van der Waals surface area (Å²) in [7, 11) is 0. The Kier molecular flexibility index (Phi) is 6.90. The van der Waals surface area contributed by atoms with Crippen LogP contribution in [0, 0.1) is 23.7 Å². The number of nitrogens with one attached hydrogen (secondary N) is 2. The molecule has 1 aliphatic carbocycles. The number of hydrogen-bond acceptors (Lipinski definition) is 4. The van der Waals surface area contributed by atoms with Crippen molar-refractivity contribution in [3.8, 4) is 5.75 Å². The summed E-state index contributed by atoms with van der Waals surface area (Å²) in [6.07, 6.45) is 2.19. The second kappa shape index (κ2) is 9.83. The van der Waals surface area contributed by atoms with Crippen molar-refractivity contribution in [2.75, 3.05) is 19.6 Å². The highest BCUT2D eigenvalue weighted by Gasteiger charge is 2.67. The normalized spacial score (nSPS) is 29.5. The molecule has 5 unspecified atom stereocenters. The first-order valence-corrected chi connectivity index (χ1v) is 13.7. The van der Waals surface area contributed by atoms with E-state index in [1.54, 1.807) is 0 Å². The van der Waals surface area contributed by atoms with Gasteiger partial charge in [-0.2, -0.15) is 0 Å². The lowest BCUT2D eigenvalue weighted by Gasteiger charge is -2.56. The lowest BCUT2D eigenvalue weighted by Crippen LogP contribution is -2.76. The Morgan fingerprint density at radius 3 is 2.50 bits per heavy atom. The Labute approximate surface area is 217 Å². The number of nitrogens with zero attached hydrogens (tertiary/aromatic N) is 1. The molecule has 194 valence electrons. The Hall–Kier alpha value is -2.37. The number of likely N-dealkylation sites (tertiary alicyclic amines) is 1. The quantitative estimate of drug-likeness (QED) is 0.566. The Bertz CT molecular complexity index is 1050. The predicted molar refractivity (Wildman–Crippen MR) is 145 cm³/mol. The Morgan fingerprint density at radius 2 is 1.83 bits per heavy atom. The van der Waals surface area contributed by atoms with Crippen molar-refractivity contribution in [3.63, 3.8) is 0 Å². The fourth-order valence-corrected chi connectivity index (χ4v) is 7.10. The van der Waals surface area contributed by atoms with E-state index in [4.69, 9.17) is 4.74 Å². The topological polar surface area (TPSA) is 53.6 Å². The van der Waals surface area contributed by atoms with E-state index in [0.717, 1.165) is 43.8 Å². The summed E-state index contributed by atoms with van der Waals surface area (Å²) in [6.45, 7) is 14.3. The zero-order valence-electron chi connectivity index (χ0n) is 22.6. The number of piperidine rings is 2. The summed E-state index contributed by atoms with van der Waals surface area (Å²) < 4.78 is 5.95. The number of ether oxygens (including phenoxy) is 1. The minimum absolute atomic E-state index is 0.176. The van der Waals surface area contributed by atoms with Crippen molar-refractivity contribution in [3.05, 3.63) is 65.7 Å². The van der Waals surface area contributed by atoms with Crippen molar-refractivity contribution in [1.29, 1.82) is 0 Å². The molecule has 0 radical (unpaired) electrons. The highest BCUT2D eigenvalue weighted by Crippen LogP contribution is 2.53. The number of rotatable bonds is 8. The Morgan fingerprint density at radius 1 is 1.11 bits per heavy atom. The molecular formula is C31H43N3O2. The van der Waals surface area contributed by atoms with Gasteiger partial charge in [0.05, 0.1) is 0 Å². The van der Waals surface area contributed by atoms with Crippen LogP contribution >= 0.6 is 0 Å². The molecule has 5 heteroatoms. The van der Waals surface area contributed by atoms with Crippen molar-refractivity contribution in [1.82, 2.24) is 15.5 Å². The molecule has 0 aromatic heterocycles. The number of carbonyl (C=O) groups excluding carboxylic acids is 1. The van der Waals surface area contributed by atoms with Gasteiger partial charge < -0.3 is 15.4 Å². The third kappa shape index (κ3) is 4.92. The molecule has 4 bridgehead atoms. The SMILES string of the molecule is CC(C)CN1CC2CC3CNC2(C(=O)NCc2ccc(OC(C)(C)C)cc2)C1C3Cc1ccccc1. The molecule has 1 amide bonds. The van der Waals surface area contributed by atoms with Crippen molar-refractivity contribution in [2.45, 2.75) is 71.2 Å². The van der Waals surface area contributed by atoms with Gasteiger partial charge in [0.2, 0.25) is 5.91 Å². The van der Waals surface area contributed by atoms with E-state index in [2.05, 4.69) is 71.8 Å². The zero-order chi connectivity index (χ0) is 25.5. The minimum atomic E-state index is -0.502. The maximum absolute atomic E-state index is 14.1. The third-order valence-electron chi connectivity index (χ3n) is 8.30. The second-order valence-electron chi connectivity index (χ2n) is 12.6. The van der Waals surface area contributed by atoms with E-state index in [0.29, 0.717) is 30.2 Å². The molecule has 6 rings (SSSR count). The number of hydrogen-bond donors (Lipinski definition) is 2. The first-order chi connectivity index (χ1) is 17.2. The monoisotopic (exact) mass is 489 g/mol. The summed E-state index contributed by atoms with van der Waals surface area (Å²) in [4.78, 5) is 16.7. The van der Waals surface area contributed by atoms with Crippen LogP contribution in [0.15, 0.2) is 54.6 Å². The van der Waals surface area contributed by atoms with E-state index in [1.807, 2.05) is 32.9 Å². The van der Waals surface area contributed by atoms with E-state index < -0.39 is 5.54 Å². The summed E-state index contributed by atoms with van der Waals surface area (Å²) in [5.41, 5.74) is 1.75. The average molecular weight is 490 g/mol. The number of benzene rings is 2. The van der Waals surface area contributed by atoms with Crippen LogP contribution in [-0.4, -0.2) is 47.6 Å². The van der Waals surface area contributed by atoms with Crippen LogP contribution < -0.4 is 15.4 Å². The highest BCUT2D eigenvalue weighted by molar-refractivity contribution is 5.89.